The Morgan fingerprint density at radius 1 is 1.07 bits per heavy atom. The molecule has 1 aliphatic heterocycles. The predicted molar refractivity (Wildman–Crippen MR) is 160 cm³/mol. The first-order valence-electron chi connectivity index (χ1n) is 13.7. The van der Waals surface area contributed by atoms with Gasteiger partial charge in [0, 0.05) is 53.5 Å². The van der Waals surface area contributed by atoms with Crippen molar-refractivity contribution in [3.8, 4) is 22.4 Å². The summed E-state index contributed by atoms with van der Waals surface area (Å²) in [4.78, 5) is 42.5. The number of rotatable bonds is 7. The Balaban J connectivity index is 1.32. The molecule has 5 aromatic heterocycles. The first-order chi connectivity index (χ1) is 20.2. The molecule has 11 nitrogen and oxygen atoms in total. The van der Waals surface area contributed by atoms with E-state index in [0.717, 1.165) is 32.6 Å². The molecular weight excluding hydrogens is 554 g/mol. The molecule has 1 fully saturated rings. The first kappa shape index (κ1) is 27.9. The van der Waals surface area contributed by atoms with Crippen molar-refractivity contribution < 1.29 is 19.8 Å². The monoisotopic (exact) mass is 585 g/mol. The van der Waals surface area contributed by atoms with E-state index in [-0.39, 0.29) is 23.4 Å². The Kier molecular flexibility index (Phi) is 7.21. The van der Waals surface area contributed by atoms with Crippen molar-refractivity contribution in [2.24, 2.45) is 5.41 Å². The molecule has 42 heavy (non-hydrogen) atoms. The molecular formula is C30H31N7O4S. The second-order valence-corrected chi connectivity index (χ2v) is 11.9. The van der Waals surface area contributed by atoms with Crippen molar-refractivity contribution in [3.05, 3.63) is 59.5 Å². The zero-order valence-electron chi connectivity index (χ0n) is 23.3. The number of fused-ring (bicyclic) bond motifs is 2. The van der Waals surface area contributed by atoms with E-state index >= 15 is 0 Å². The molecule has 6 heterocycles. The van der Waals surface area contributed by atoms with Gasteiger partial charge >= 0.3 is 0 Å². The lowest BCUT2D eigenvalue weighted by atomic mass is 9.86. The summed E-state index contributed by atoms with van der Waals surface area (Å²) in [5.41, 5.74) is 9.99. The van der Waals surface area contributed by atoms with Crippen LogP contribution in [0.1, 0.15) is 48.7 Å². The number of carbonyl (C=O) groups is 2. The van der Waals surface area contributed by atoms with Crippen LogP contribution in [0.2, 0.25) is 0 Å². The van der Waals surface area contributed by atoms with E-state index < -0.39 is 18.6 Å². The number of likely N-dealkylation sites (tertiary alicyclic amines) is 1. The molecule has 1 aliphatic rings. The molecule has 0 saturated carbocycles. The minimum Gasteiger partial charge on any atom is -0.395 e. The van der Waals surface area contributed by atoms with Crippen molar-refractivity contribution in [2.75, 3.05) is 32.0 Å². The molecule has 1 amide bonds. The molecule has 0 bridgehead atoms. The number of nitrogens with zero attached hydrogens (tertiary/aromatic N) is 6. The highest BCUT2D eigenvalue weighted by atomic mass is 32.1. The normalized spacial score (nSPS) is 14.6. The summed E-state index contributed by atoms with van der Waals surface area (Å²) < 4.78 is 1.49. The molecule has 12 heteroatoms. The fourth-order valence-corrected chi connectivity index (χ4v) is 6.26. The maximum Gasteiger partial charge on any atom is 0.233 e. The third-order valence-electron chi connectivity index (χ3n) is 8.12. The number of hydrogen-bond donors (Lipinski definition) is 3. The molecule has 0 spiro atoms. The van der Waals surface area contributed by atoms with Gasteiger partial charge in [-0.05, 0) is 50.3 Å². The zero-order valence-corrected chi connectivity index (χ0v) is 24.1. The molecule has 0 unspecified atom stereocenters. The highest BCUT2D eigenvalue weighted by Gasteiger charge is 2.38. The number of ketones is 1. The maximum atomic E-state index is 13.0. The van der Waals surface area contributed by atoms with Gasteiger partial charge in [0.1, 0.15) is 10.6 Å². The van der Waals surface area contributed by atoms with Gasteiger partial charge in [-0.3, -0.25) is 14.6 Å². The molecule has 0 aliphatic carbocycles. The molecule has 4 N–H and O–H groups in total. The van der Waals surface area contributed by atoms with Gasteiger partial charge in [0.25, 0.3) is 0 Å². The largest absolute Gasteiger partial charge is 0.395 e. The van der Waals surface area contributed by atoms with Crippen LogP contribution in [0.25, 0.3) is 38.2 Å². The minimum absolute atomic E-state index is 0.113. The Morgan fingerprint density at radius 2 is 1.81 bits per heavy atom. The van der Waals surface area contributed by atoms with Crippen molar-refractivity contribution in [1.29, 1.82) is 0 Å². The Labute approximate surface area is 245 Å². The van der Waals surface area contributed by atoms with E-state index in [1.54, 1.807) is 35.6 Å². The fourth-order valence-electron chi connectivity index (χ4n) is 5.54. The number of nitrogen functional groups attached to an aromatic ring is 1. The van der Waals surface area contributed by atoms with Crippen LogP contribution in [0.3, 0.4) is 0 Å². The smallest absolute Gasteiger partial charge is 0.233 e. The van der Waals surface area contributed by atoms with Crippen LogP contribution in [0.15, 0.2) is 48.2 Å². The van der Waals surface area contributed by atoms with E-state index in [1.807, 2.05) is 29.8 Å². The second kappa shape index (κ2) is 10.9. The second-order valence-electron chi connectivity index (χ2n) is 11.0. The number of carbonyl (C=O) groups excluding carboxylic acids is 2. The Bertz CT molecular complexity index is 1800. The first-order valence-corrected chi connectivity index (χ1v) is 14.6. The van der Waals surface area contributed by atoms with Crippen LogP contribution in [-0.2, 0) is 4.79 Å². The summed E-state index contributed by atoms with van der Waals surface area (Å²) in [6.07, 6.45) is 6.38. The van der Waals surface area contributed by atoms with Gasteiger partial charge in [-0.1, -0.05) is 6.07 Å². The lowest BCUT2D eigenvalue weighted by molar-refractivity contribution is -0.147. The summed E-state index contributed by atoms with van der Waals surface area (Å²) >= 11 is 1.60. The number of amides is 1. The number of thiophene rings is 1. The number of hydrogen-bond acceptors (Lipinski definition) is 10. The van der Waals surface area contributed by atoms with Gasteiger partial charge in [-0.25, -0.2) is 9.97 Å². The van der Waals surface area contributed by atoms with Gasteiger partial charge in [0.15, 0.2) is 11.4 Å². The number of anilines is 1. The molecule has 216 valence electrons. The lowest BCUT2D eigenvalue weighted by Crippen LogP contribution is -2.49. The molecule has 5 aromatic rings. The summed E-state index contributed by atoms with van der Waals surface area (Å²) in [6, 6.07) is 8.00. The van der Waals surface area contributed by atoms with Crippen LogP contribution in [0.5, 0.6) is 0 Å². The van der Waals surface area contributed by atoms with Crippen molar-refractivity contribution >= 4 is 44.7 Å². The van der Waals surface area contributed by atoms with Crippen LogP contribution < -0.4 is 5.73 Å². The van der Waals surface area contributed by atoms with Gasteiger partial charge in [-0.15, -0.1) is 11.3 Å². The summed E-state index contributed by atoms with van der Waals surface area (Å²) in [6.45, 7) is 2.95. The average Bonchev–Trinajstić information content (AvgIpc) is 3.67. The van der Waals surface area contributed by atoms with Gasteiger partial charge < -0.3 is 20.8 Å². The number of nitrogens with two attached hydrogens (primary N) is 1. The van der Waals surface area contributed by atoms with E-state index in [2.05, 4.69) is 21.1 Å². The highest BCUT2D eigenvalue weighted by molar-refractivity contribution is 7.16. The Morgan fingerprint density at radius 3 is 2.48 bits per heavy atom. The maximum absolute atomic E-state index is 13.0. The van der Waals surface area contributed by atoms with E-state index in [1.165, 1.54) is 11.4 Å². The number of pyridine rings is 2. The zero-order chi connectivity index (χ0) is 29.6. The molecule has 1 saturated heterocycles. The fraction of sp³-hybridized carbons (Fsp3) is 0.333. The Hall–Kier alpha value is -4.26. The summed E-state index contributed by atoms with van der Waals surface area (Å²) in [5, 5.41) is 26.9. The number of aliphatic hydroxyl groups excluding tert-OH is 2. The summed E-state index contributed by atoms with van der Waals surface area (Å²) in [5.74, 6) is -0.388. The van der Waals surface area contributed by atoms with Crippen LogP contribution in [0, 0.1) is 5.41 Å². The van der Waals surface area contributed by atoms with Gasteiger partial charge in [0.2, 0.25) is 5.91 Å². The van der Waals surface area contributed by atoms with Crippen molar-refractivity contribution in [3.63, 3.8) is 0 Å². The highest BCUT2D eigenvalue weighted by Crippen LogP contribution is 2.36. The summed E-state index contributed by atoms with van der Waals surface area (Å²) in [7, 11) is 0. The molecule has 0 radical (unpaired) electrons. The van der Waals surface area contributed by atoms with E-state index in [9.17, 15) is 19.8 Å². The quantitative estimate of drug-likeness (QED) is 0.243. The number of Topliss-reactive ketones (excluding diaryl/α,β-unsaturated/α-hetero) is 1. The number of aliphatic hydroxyl groups is 2. The molecule has 0 aromatic carbocycles. The number of aromatic nitrogens is 5. The minimum atomic E-state index is -1.23. The van der Waals surface area contributed by atoms with E-state index in [0.29, 0.717) is 42.8 Å². The lowest BCUT2D eigenvalue weighted by Gasteiger charge is -2.37. The van der Waals surface area contributed by atoms with Crippen molar-refractivity contribution in [1.82, 2.24) is 29.5 Å². The van der Waals surface area contributed by atoms with Crippen LogP contribution in [0.4, 0.5) is 5.82 Å². The number of piperidine rings is 1. The van der Waals surface area contributed by atoms with Crippen LogP contribution in [-0.4, -0.2) is 77.7 Å². The average molecular weight is 586 g/mol. The third kappa shape index (κ3) is 4.71. The van der Waals surface area contributed by atoms with Gasteiger partial charge in [-0.2, -0.15) is 9.61 Å². The standard InChI is InChI=1S/C30H31N7O4S/c1-17(40)24-25(18-5-8-36(9-6-18)29(41)30(2,15-38)16-39)35-27-22(14-34-37(27)26(24)31)20-3-4-23(32-12-20)21-11-19-7-10-42-28(19)33-13-21/h3-4,7,10-14,18,38-39H,5-6,8-9,15-16,31H2,1-2H3. The predicted octanol–water partition coefficient (Wildman–Crippen LogP) is 3.55. The van der Waals surface area contributed by atoms with E-state index in [4.69, 9.17) is 10.7 Å². The third-order valence-corrected chi connectivity index (χ3v) is 8.96. The SMILES string of the molecule is CC(=O)c1c(C2CCN(C(=O)C(C)(CO)CO)CC2)nc2c(-c3ccc(-c4cnc5sccc5c4)nc3)cnn2c1N. The van der Waals surface area contributed by atoms with Gasteiger partial charge in [0.05, 0.1) is 41.8 Å². The van der Waals surface area contributed by atoms with Crippen LogP contribution >= 0.6 is 11.3 Å². The molecule has 0 atom stereocenters. The molecule has 6 rings (SSSR count). The topological polar surface area (TPSA) is 160 Å². The van der Waals surface area contributed by atoms with Crippen molar-refractivity contribution in [2.45, 2.75) is 32.6 Å².